The van der Waals surface area contributed by atoms with Gasteiger partial charge in [0.05, 0.1) is 24.7 Å². The van der Waals surface area contributed by atoms with Gasteiger partial charge in [-0.2, -0.15) is 0 Å². The Labute approximate surface area is 166 Å². The van der Waals surface area contributed by atoms with Crippen LogP contribution in [0.25, 0.3) is 0 Å². The maximum Gasteiger partial charge on any atom is 0.241 e. The molecule has 0 aliphatic heterocycles. The highest BCUT2D eigenvalue weighted by Gasteiger charge is 2.31. The number of benzene rings is 1. The van der Waals surface area contributed by atoms with E-state index in [4.69, 9.17) is 15.2 Å². The van der Waals surface area contributed by atoms with Crippen molar-refractivity contribution in [1.82, 2.24) is 10.0 Å². The van der Waals surface area contributed by atoms with Crippen LogP contribution in [0.1, 0.15) is 26.7 Å². The van der Waals surface area contributed by atoms with Gasteiger partial charge in [0.2, 0.25) is 15.9 Å². The second-order valence-electron chi connectivity index (χ2n) is 6.05. The van der Waals surface area contributed by atoms with Crippen LogP contribution in [0.5, 0.6) is 11.5 Å². The molecule has 0 radical (unpaired) electrons. The van der Waals surface area contributed by atoms with Gasteiger partial charge in [-0.25, -0.2) is 13.1 Å². The number of nitrogens with one attached hydrogen (secondary N) is 2. The van der Waals surface area contributed by atoms with Crippen LogP contribution in [0.3, 0.4) is 0 Å². The van der Waals surface area contributed by atoms with Crippen molar-refractivity contribution < 1.29 is 22.7 Å². The van der Waals surface area contributed by atoms with Crippen LogP contribution in [-0.4, -0.2) is 46.7 Å². The monoisotopic (exact) mass is 421 g/mol. The van der Waals surface area contributed by atoms with Gasteiger partial charge in [0.25, 0.3) is 0 Å². The molecule has 4 N–H and O–H groups in total. The molecule has 2 rings (SSSR count). The topological polar surface area (TPSA) is 120 Å². The van der Waals surface area contributed by atoms with Crippen LogP contribution < -0.4 is 25.2 Å². The van der Waals surface area contributed by atoms with Crippen molar-refractivity contribution in [2.24, 2.45) is 11.7 Å². The number of carbonyl (C=O) groups is 1. The number of ether oxygens (including phenoxy) is 2. The average molecular weight is 422 g/mol. The molecule has 1 aromatic carbocycles. The van der Waals surface area contributed by atoms with Gasteiger partial charge in [-0.1, -0.05) is 0 Å². The van der Waals surface area contributed by atoms with E-state index in [-0.39, 0.29) is 29.9 Å². The molecule has 1 saturated carbocycles. The van der Waals surface area contributed by atoms with E-state index < -0.39 is 15.9 Å². The van der Waals surface area contributed by atoms with E-state index in [0.717, 1.165) is 12.8 Å². The molecule has 0 aromatic heterocycles. The minimum absolute atomic E-state index is 0. The van der Waals surface area contributed by atoms with Gasteiger partial charge in [-0.05, 0) is 44.7 Å². The smallest absolute Gasteiger partial charge is 0.241 e. The first kappa shape index (κ1) is 23.5. The van der Waals surface area contributed by atoms with Gasteiger partial charge >= 0.3 is 0 Å². The fraction of sp³-hybridized carbons (Fsp3) is 0.588. The third-order valence-corrected chi connectivity index (χ3v) is 5.44. The van der Waals surface area contributed by atoms with Gasteiger partial charge in [-0.3, -0.25) is 4.79 Å². The number of sulfonamides is 1. The number of hydrogen-bond donors (Lipinski definition) is 3. The van der Waals surface area contributed by atoms with Gasteiger partial charge in [-0.15, -0.1) is 12.4 Å². The quantitative estimate of drug-likeness (QED) is 0.491. The highest BCUT2D eigenvalue weighted by Crippen LogP contribution is 2.32. The first-order chi connectivity index (χ1) is 12.4. The standard InChI is InChI=1S/C17H27N3O5S.ClH/c1-3-24-15-8-7-13(9-16(15)25-4-2)26(22,23)19-11-17(21)20-14(10-18)12-5-6-12;/h7-9,12,14,19H,3-6,10-11,18H2,1-2H3,(H,20,21);1H. The Balaban J connectivity index is 0.00000364. The van der Waals surface area contributed by atoms with Crippen molar-refractivity contribution in [3.63, 3.8) is 0 Å². The molecule has 0 spiro atoms. The van der Waals surface area contributed by atoms with E-state index in [1.807, 2.05) is 6.92 Å². The maximum absolute atomic E-state index is 12.5. The molecular weight excluding hydrogens is 394 g/mol. The summed E-state index contributed by atoms with van der Waals surface area (Å²) in [5.74, 6) is 0.826. The van der Waals surface area contributed by atoms with Crippen LogP contribution in [-0.2, 0) is 14.8 Å². The third-order valence-electron chi connectivity index (χ3n) is 4.04. The first-order valence-electron chi connectivity index (χ1n) is 8.80. The molecule has 154 valence electrons. The van der Waals surface area contributed by atoms with E-state index in [2.05, 4.69) is 10.0 Å². The molecule has 27 heavy (non-hydrogen) atoms. The van der Waals surface area contributed by atoms with E-state index in [0.29, 0.717) is 37.2 Å². The predicted octanol–water partition coefficient (Wildman–Crippen LogP) is 1.04. The van der Waals surface area contributed by atoms with Crippen LogP contribution in [0, 0.1) is 5.92 Å². The van der Waals surface area contributed by atoms with E-state index in [1.54, 1.807) is 13.0 Å². The molecule has 1 aliphatic rings. The normalized spacial score (nSPS) is 14.8. The van der Waals surface area contributed by atoms with Crippen molar-refractivity contribution in [1.29, 1.82) is 0 Å². The minimum atomic E-state index is -3.85. The summed E-state index contributed by atoms with van der Waals surface area (Å²) in [5.41, 5.74) is 5.64. The Morgan fingerprint density at radius 2 is 1.85 bits per heavy atom. The second kappa shape index (κ2) is 10.7. The molecule has 1 amide bonds. The Morgan fingerprint density at radius 1 is 1.22 bits per heavy atom. The molecule has 0 heterocycles. The molecule has 8 nitrogen and oxygen atoms in total. The highest BCUT2D eigenvalue weighted by atomic mass is 35.5. The Bertz CT molecular complexity index is 725. The third kappa shape index (κ3) is 6.84. The number of carbonyl (C=O) groups excluding carboxylic acids is 1. The molecule has 1 aromatic rings. The first-order valence-corrected chi connectivity index (χ1v) is 10.3. The fourth-order valence-electron chi connectivity index (χ4n) is 2.57. The lowest BCUT2D eigenvalue weighted by atomic mass is 10.2. The summed E-state index contributed by atoms with van der Waals surface area (Å²) < 4.78 is 38.1. The molecule has 10 heteroatoms. The van der Waals surface area contributed by atoms with Crippen molar-refractivity contribution in [2.45, 2.75) is 37.6 Å². The summed E-state index contributed by atoms with van der Waals surface area (Å²) in [6, 6.07) is 4.25. The second-order valence-corrected chi connectivity index (χ2v) is 7.81. The molecule has 0 bridgehead atoms. The van der Waals surface area contributed by atoms with Gasteiger partial charge in [0.1, 0.15) is 0 Å². The highest BCUT2D eigenvalue weighted by molar-refractivity contribution is 7.89. The lowest BCUT2D eigenvalue weighted by Gasteiger charge is -2.16. The zero-order chi connectivity index (χ0) is 19.2. The maximum atomic E-state index is 12.5. The SMILES string of the molecule is CCOc1ccc(S(=O)(=O)NCC(=O)NC(CN)C2CC2)cc1OCC.Cl. The number of nitrogens with two attached hydrogens (primary N) is 1. The molecule has 1 atom stereocenters. The van der Waals surface area contributed by atoms with Gasteiger partial charge in [0.15, 0.2) is 11.5 Å². The van der Waals surface area contributed by atoms with Crippen LogP contribution in [0.15, 0.2) is 23.1 Å². The van der Waals surface area contributed by atoms with Crippen LogP contribution >= 0.6 is 12.4 Å². The summed E-state index contributed by atoms with van der Waals surface area (Å²) in [5, 5.41) is 2.77. The van der Waals surface area contributed by atoms with Crippen molar-refractivity contribution in [2.75, 3.05) is 26.3 Å². The predicted molar refractivity (Wildman–Crippen MR) is 105 cm³/mol. The lowest BCUT2D eigenvalue weighted by molar-refractivity contribution is -0.120. The largest absolute Gasteiger partial charge is 0.490 e. The molecule has 1 unspecified atom stereocenters. The molecule has 1 fully saturated rings. The van der Waals surface area contributed by atoms with Crippen LogP contribution in [0.4, 0.5) is 0 Å². The summed E-state index contributed by atoms with van der Waals surface area (Å²) in [6.45, 7) is 4.45. The fourth-order valence-corrected chi connectivity index (χ4v) is 3.57. The molecule has 0 saturated heterocycles. The lowest BCUT2D eigenvalue weighted by Crippen LogP contribution is -2.46. The molecule has 1 aliphatic carbocycles. The Morgan fingerprint density at radius 3 is 2.41 bits per heavy atom. The summed E-state index contributed by atoms with van der Waals surface area (Å²) in [7, 11) is -3.85. The van der Waals surface area contributed by atoms with Crippen LogP contribution in [0.2, 0.25) is 0 Å². The number of rotatable bonds is 11. The Hall–Kier alpha value is -1.55. The van der Waals surface area contributed by atoms with Crippen molar-refractivity contribution in [3.05, 3.63) is 18.2 Å². The number of hydrogen-bond acceptors (Lipinski definition) is 6. The zero-order valence-electron chi connectivity index (χ0n) is 15.6. The Kier molecular flexibility index (Phi) is 9.31. The summed E-state index contributed by atoms with van der Waals surface area (Å²) >= 11 is 0. The van der Waals surface area contributed by atoms with Crippen molar-refractivity contribution in [3.8, 4) is 11.5 Å². The van der Waals surface area contributed by atoms with Gasteiger partial charge in [0, 0.05) is 18.7 Å². The summed E-state index contributed by atoms with van der Waals surface area (Å²) in [6.07, 6.45) is 2.08. The van der Waals surface area contributed by atoms with E-state index in [1.165, 1.54) is 12.1 Å². The van der Waals surface area contributed by atoms with Crippen molar-refractivity contribution >= 4 is 28.3 Å². The van der Waals surface area contributed by atoms with E-state index >= 15 is 0 Å². The van der Waals surface area contributed by atoms with E-state index in [9.17, 15) is 13.2 Å². The van der Waals surface area contributed by atoms with Gasteiger partial charge < -0.3 is 20.5 Å². The summed E-state index contributed by atoms with van der Waals surface area (Å²) in [4.78, 5) is 12.0. The average Bonchev–Trinajstić information content (AvgIpc) is 3.45. The minimum Gasteiger partial charge on any atom is -0.490 e. The number of amides is 1. The molecular formula is C17H28ClN3O5S. The zero-order valence-corrected chi connectivity index (χ0v) is 17.2. The number of halogens is 1.